The van der Waals surface area contributed by atoms with Gasteiger partial charge in [0.1, 0.15) is 0 Å². The average molecular weight is 309 g/mol. The maximum atomic E-state index is 3.77. The van der Waals surface area contributed by atoms with E-state index in [0.717, 1.165) is 10.5 Å². The van der Waals surface area contributed by atoms with Gasteiger partial charge in [-0.2, -0.15) is 0 Å². The number of halogens is 1. The maximum Gasteiger partial charge on any atom is 0.0294 e. The summed E-state index contributed by atoms with van der Waals surface area (Å²) in [6.07, 6.45) is 4.15. The molecule has 1 aromatic rings. The van der Waals surface area contributed by atoms with Crippen molar-refractivity contribution < 1.29 is 0 Å². The highest BCUT2D eigenvalue weighted by molar-refractivity contribution is 9.10. The first-order valence-electron chi connectivity index (χ1n) is 6.98. The minimum atomic E-state index is 0.447. The van der Waals surface area contributed by atoms with E-state index < -0.39 is 0 Å². The van der Waals surface area contributed by atoms with Crippen LogP contribution in [-0.4, -0.2) is 30.1 Å². The molecule has 1 aliphatic heterocycles. The van der Waals surface area contributed by atoms with Gasteiger partial charge in [-0.25, -0.2) is 0 Å². The molecule has 0 amide bonds. The fourth-order valence-electron chi connectivity index (χ4n) is 2.90. The predicted octanol–water partition coefficient (Wildman–Crippen LogP) is 3.34. The molecular weight excluding hydrogens is 288 g/mol. The van der Waals surface area contributed by atoms with Gasteiger partial charge in [-0.05, 0) is 43.9 Å². The quantitative estimate of drug-likeness (QED) is 0.918. The van der Waals surface area contributed by atoms with Gasteiger partial charge in [0.15, 0.2) is 0 Å². The highest BCUT2D eigenvalue weighted by atomic mass is 79.9. The molecule has 0 aromatic heterocycles. The van der Waals surface area contributed by atoms with Gasteiger partial charge in [-0.15, -0.1) is 0 Å². The molecule has 2 atom stereocenters. The van der Waals surface area contributed by atoms with Crippen molar-refractivity contribution in [2.24, 2.45) is 0 Å². The number of nitrogens with zero attached hydrogens (tertiary/aromatic N) is 1. The summed E-state index contributed by atoms with van der Waals surface area (Å²) in [5.74, 6) is 0. The summed E-state index contributed by atoms with van der Waals surface area (Å²) < 4.78 is 1.15. The summed E-state index contributed by atoms with van der Waals surface area (Å²) in [7, 11) is 0. The van der Waals surface area contributed by atoms with Crippen LogP contribution in [0.2, 0.25) is 0 Å². The van der Waals surface area contributed by atoms with Crippen molar-refractivity contribution in [2.45, 2.75) is 44.3 Å². The Hall–Kier alpha value is -0.380. The van der Waals surface area contributed by atoms with Crippen LogP contribution in [0.3, 0.4) is 0 Å². The van der Waals surface area contributed by atoms with Crippen molar-refractivity contribution in [1.29, 1.82) is 0 Å². The highest BCUT2D eigenvalue weighted by Crippen LogP contribution is 2.30. The van der Waals surface area contributed by atoms with Crippen LogP contribution in [0.1, 0.15) is 37.8 Å². The van der Waals surface area contributed by atoms with Crippen LogP contribution in [0.5, 0.6) is 0 Å². The first kappa shape index (κ1) is 12.6. The lowest BCUT2D eigenvalue weighted by atomic mass is 10.1. The van der Waals surface area contributed by atoms with Crippen molar-refractivity contribution in [2.75, 3.05) is 13.1 Å². The Labute approximate surface area is 118 Å². The third-order valence-electron chi connectivity index (χ3n) is 4.14. The summed E-state index contributed by atoms with van der Waals surface area (Å²) in [5.41, 5.74) is 1.38. The zero-order valence-corrected chi connectivity index (χ0v) is 12.5. The Morgan fingerprint density at radius 3 is 2.61 bits per heavy atom. The number of hydrogen-bond donors (Lipinski definition) is 1. The number of rotatable bonds is 4. The highest BCUT2D eigenvalue weighted by Gasteiger charge is 2.34. The van der Waals surface area contributed by atoms with Crippen LogP contribution in [-0.2, 0) is 0 Å². The molecule has 3 rings (SSSR count). The summed E-state index contributed by atoms with van der Waals surface area (Å²) in [6.45, 7) is 4.80. The van der Waals surface area contributed by atoms with Gasteiger partial charge in [-0.1, -0.05) is 28.1 Å². The first-order chi connectivity index (χ1) is 8.72. The third-order valence-corrected chi connectivity index (χ3v) is 4.67. The predicted molar refractivity (Wildman–Crippen MR) is 78.7 cm³/mol. The average Bonchev–Trinajstić information content (AvgIpc) is 3.11. The van der Waals surface area contributed by atoms with E-state index in [1.807, 2.05) is 0 Å². The Balaban J connectivity index is 1.54. The van der Waals surface area contributed by atoms with Crippen LogP contribution < -0.4 is 5.32 Å². The molecule has 1 aliphatic carbocycles. The zero-order valence-electron chi connectivity index (χ0n) is 10.9. The van der Waals surface area contributed by atoms with Crippen LogP contribution >= 0.6 is 15.9 Å². The van der Waals surface area contributed by atoms with Crippen molar-refractivity contribution in [3.8, 4) is 0 Å². The van der Waals surface area contributed by atoms with Crippen LogP contribution in [0.15, 0.2) is 28.7 Å². The lowest BCUT2D eigenvalue weighted by Gasteiger charge is -2.20. The van der Waals surface area contributed by atoms with Gasteiger partial charge in [-0.3, -0.25) is 4.90 Å². The zero-order chi connectivity index (χ0) is 12.5. The minimum Gasteiger partial charge on any atom is -0.306 e. The Morgan fingerprint density at radius 2 is 1.94 bits per heavy atom. The molecule has 1 N–H and O–H groups in total. The molecule has 2 fully saturated rings. The SMILES string of the molecule is C[C@H](NC1CCN(C2CC2)C1)c1ccc(Br)cc1. The minimum absolute atomic E-state index is 0.447. The molecule has 0 bridgehead atoms. The fourth-order valence-corrected chi connectivity index (χ4v) is 3.16. The topological polar surface area (TPSA) is 15.3 Å². The Morgan fingerprint density at radius 1 is 1.22 bits per heavy atom. The van der Waals surface area contributed by atoms with Crippen molar-refractivity contribution in [1.82, 2.24) is 10.2 Å². The molecular formula is C15H21BrN2. The number of nitrogens with one attached hydrogen (secondary N) is 1. The van der Waals surface area contributed by atoms with E-state index in [9.17, 15) is 0 Å². The summed E-state index contributed by atoms with van der Waals surface area (Å²) >= 11 is 3.49. The monoisotopic (exact) mass is 308 g/mol. The van der Waals surface area contributed by atoms with Crippen LogP contribution in [0, 0.1) is 0 Å². The largest absolute Gasteiger partial charge is 0.306 e. The Kier molecular flexibility index (Phi) is 3.73. The summed E-state index contributed by atoms with van der Waals surface area (Å²) in [6, 6.07) is 10.7. The Bertz CT molecular complexity index is 399. The fraction of sp³-hybridized carbons (Fsp3) is 0.600. The van der Waals surface area contributed by atoms with Gasteiger partial charge in [0.2, 0.25) is 0 Å². The second kappa shape index (κ2) is 5.32. The van der Waals surface area contributed by atoms with Crippen molar-refractivity contribution in [3.63, 3.8) is 0 Å². The molecule has 2 aliphatic rings. The molecule has 0 radical (unpaired) electrons. The number of likely N-dealkylation sites (tertiary alicyclic amines) is 1. The van der Waals surface area contributed by atoms with Gasteiger partial charge >= 0.3 is 0 Å². The normalized spacial score (nSPS) is 26.4. The van der Waals surface area contributed by atoms with Gasteiger partial charge in [0.05, 0.1) is 0 Å². The molecule has 1 saturated carbocycles. The molecule has 18 heavy (non-hydrogen) atoms. The molecule has 0 spiro atoms. The van der Waals surface area contributed by atoms with E-state index in [1.54, 1.807) is 0 Å². The molecule has 1 unspecified atom stereocenters. The number of hydrogen-bond acceptors (Lipinski definition) is 2. The van der Waals surface area contributed by atoms with Crippen molar-refractivity contribution in [3.05, 3.63) is 34.3 Å². The van der Waals surface area contributed by atoms with E-state index >= 15 is 0 Å². The van der Waals surface area contributed by atoms with Gasteiger partial charge in [0, 0.05) is 35.7 Å². The van der Waals surface area contributed by atoms with E-state index in [4.69, 9.17) is 0 Å². The van der Waals surface area contributed by atoms with Gasteiger partial charge < -0.3 is 5.32 Å². The smallest absolute Gasteiger partial charge is 0.0294 e. The van der Waals surface area contributed by atoms with E-state index in [2.05, 4.69) is 57.3 Å². The molecule has 98 valence electrons. The maximum absolute atomic E-state index is 3.77. The van der Waals surface area contributed by atoms with Crippen LogP contribution in [0.25, 0.3) is 0 Å². The molecule has 1 aromatic carbocycles. The number of benzene rings is 1. The first-order valence-corrected chi connectivity index (χ1v) is 7.77. The molecule has 3 heteroatoms. The summed E-state index contributed by atoms with van der Waals surface area (Å²) in [4.78, 5) is 2.66. The van der Waals surface area contributed by atoms with E-state index in [1.165, 1.54) is 37.9 Å². The molecule has 1 heterocycles. The second-order valence-electron chi connectivity index (χ2n) is 5.65. The van der Waals surface area contributed by atoms with E-state index in [-0.39, 0.29) is 0 Å². The lowest BCUT2D eigenvalue weighted by molar-refractivity contribution is 0.313. The lowest BCUT2D eigenvalue weighted by Crippen LogP contribution is -2.34. The van der Waals surface area contributed by atoms with Crippen LogP contribution in [0.4, 0.5) is 0 Å². The summed E-state index contributed by atoms with van der Waals surface area (Å²) in [5, 5.41) is 3.77. The van der Waals surface area contributed by atoms with Gasteiger partial charge in [0.25, 0.3) is 0 Å². The molecule has 1 saturated heterocycles. The standard InChI is InChI=1S/C15H21BrN2/c1-11(12-2-4-13(16)5-3-12)17-14-8-9-18(10-14)15-6-7-15/h2-5,11,14-15,17H,6-10H2,1H3/t11-,14?/m0/s1. The van der Waals surface area contributed by atoms with Crippen molar-refractivity contribution >= 4 is 15.9 Å². The second-order valence-corrected chi connectivity index (χ2v) is 6.57. The molecule has 2 nitrogen and oxygen atoms in total. The third kappa shape index (κ3) is 2.95. The van der Waals surface area contributed by atoms with E-state index in [0.29, 0.717) is 12.1 Å².